The molecule has 1 atom stereocenters. The van der Waals surface area contributed by atoms with Crippen molar-refractivity contribution in [2.75, 3.05) is 31.6 Å². The van der Waals surface area contributed by atoms with Crippen molar-refractivity contribution >= 4 is 17.6 Å². The number of aryl methyl sites for hydroxylation is 1. The topological polar surface area (TPSA) is 78.9 Å². The second-order valence-corrected chi connectivity index (χ2v) is 5.12. The first-order valence-corrected chi connectivity index (χ1v) is 6.97. The summed E-state index contributed by atoms with van der Waals surface area (Å²) < 4.78 is 5.21. The molecule has 0 aliphatic carbocycles. The number of rotatable bonds is 5. The third kappa shape index (κ3) is 4.54. The summed E-state index contributed by atoms with van der Waals surface area (Å²) in [7, 11) is 0. The average molecular weight is 292 g/mol. The fourth-order valence-corrected chi connectivity index (χ4v) is 2.37. The minimum absolute atomic E-state index is 0.0662. The molecule has 0 saturated carbocycles. The summed E-state index contributed by atoms with van der Waals surface area (Å²) >= 11 is 0. The van der Waals surface area contributed by atoms with Crippen molar-refractivity contribution in [3.05, 3.63) is 29.8 Å². The highest BCUT2D eigenvalue weighted by atomic mass is 16.5. The monoisotopic (exact) mass is 292 g/mol. The Kier molecular flexibility index (Phi) is 5.30. The van der Waals surface area contributed by atoms with Crippen molar-refractivity contribution in [1.29, 1.82) is 0 Å². The van der Waals surface area contributed by atoms with E-state index in [9.17, 15) is 14.7 Å². The lowest BCUT2D eigenvalue weighted by atomic mass is 10.1. The van der Waals surface area contributed by atoms with Crippen molar-refractivity contribution in [3.8, 4) is 0 Å². The lowest BCUT2D eigenvalue weighted by molar-refractivity contribution is -0.147. The van der Waals surface area contributed by atoms with Gasteiger partial charge in [0.2, 0.25) is 5.91 Å². The minimum atomic E-state index is -0.976. The first-order valence-electron chi connectivity index (χ1n) is 6.97. The fraction of sp³-hybridized carbons (Fsp3) is 0.467. The van der Waals surface area contributed by atoms with Gasteiger partial charge < -0.3 is 15.2 Å². The SMILES string of the molecule is Cc1cccc(NC(=O)CC(C(=O)O)N2CCOCC2)c1. The number of nitrogens with one attached hydrogen (secondary N) is 1. The Bertz CT molecular complexity index is 512. The predicted octanol–water partition coefficient (Wildman–Crippen LogP) is 1.11. The van der Waals surface area contributed by atoms with Gasteiger partial charge >= 0.3 is 5.97 Å². The molecule has 6 nitrogen and oxygen atoms in total. The van der Waals surface area contributed by atoms with Gasteiger partial charge in [-0.1, -0.05) is 12.1 Å². The largest absolute Gasteiger partial charge is 0.480 e. The van der Waals surface area contributed by atoms with Gasteiger partial charge in [-0.15, -0.1) is 0 Å². The van der Waals surface area contributed by atoms with E-state index in [-0.39, 0.29) is 12.3 Å². The van der Waals surface area contributed by atoms with E-state index < -0.39 is 12.0 Å². The smallest absolute Gasteiger partial charge is 0.321 e. The van der Waals surface area contributed by atoms with Crippen LogP contribution >= 0.6 is 0 Å². The molecule has 114 valence electrons. The summed E-state index contributed by atoms with van der Waals surface area (Å²) in [5, 5.41) is 12.1. The molecule has 1 aromatic carbocycles. The van der Waals surface area contributed by atoms with Crippen molar-refractivity contribution in [2.45, 2.75) is 19.4 Å². The maximum Gasteiger partial charge on any atom is 0.321 e. The second kappa shape index (κ2) is 7.19. The maximum atomic E-state index is 12.0. The standard InChI is InChI=1S/C15H20N2O4/c1-11-3-2-4-12(9-11)16-14(18)10-13(15(19)20)17-5-7-21-8-6-17/h2-4,9,13H,5-8,10H2,1H3,(H,16,18)(H,19,20). The van der Waals surface area contributed by atoms with Crippen LogP contribution in [0.15, 0.2) is 24.3 Å². The summed E-state index contributed by atoms with van der Waals surface area (Å²) in [6, 6.07) is 6.61. The van der Waals surface area contributed by atoms with E-state index in [1.165, 1.54) is 0 Å². The Morgan fingerprint density at radius 3 is 2.71 bits per heavy atom. The molecule has 1 unspecified atom stereocenters. The number of aliphatic carboxylic acids is 1. The molecule has 2 rings (SSSR count). The van der Waals surface area contributed by atoms with Crippen LogP contribution in [-0.2, 0) is 14.3 Å². The summed E-state index contributed by atoms with van der Waals surface area (Å²) in [5.74, 6) is -1.27. The number of morpholine rings is 1. The molecule has 1 saturated heterocycles. The Balaban J connectivity index is 1.96. The summed E-state index contributed by atoms with van der Waals surface area (Å²) in [6.45, 7) is 4.01. The van der Waals surface area contributed by atoms with E-state index in [4.69, 9.17) is 4.74 Å². The molecule has 0 bridgehead atoms. The number of carboxylic acids is 1. The third-order valence-corrected chi connectivity index (χ3v) is 3.45. The molecule has 1 fully saturated rings. The van der Waals surface area contributed by atoms with E-state index in [0.29, 0.717) is 32.0 Å². The second-order valence-electron chi connectivity index (χ2n) is 5.12. The Morgan fingerprint density at radius 2 is 2.10 bits per heavy atom. The molecule has 6 heteroatoms. The van der Waals surface area contributed by atoms with E-state index in [1.54, 1.807) is 11.0 Å². The zero-order valence-electron chi connectivity index (χ0n) is 12.0. The van der Waals surface area contributed by atoms with Crippen LogP contribution in [-0.4, -0.2) is 54.2 Å². The van der Waals surface area contributed by atoms with E-state index >= 15 is 0 Å². The zero-order valence-corrected chi connectivity index (χ0v) is 12.0. The highest BCUT2D eigenvalue weighted by molar-refractivity contribution is 5.94. The van der Waals surface area contributed by atoms with Crippen LogP contribution < -0.4 is 5.32 Å². The van der Waals surface area contributed by atoms with E-state index in [2.05, 4.69) is 5.32 Å². The van der Waals surface area contributed by atoms with Gasteiger partial charge in [-0.05, 0) is 24.6 Å². The molecule has 21 heavy (non-hydrogen) atoms. The highest BCUT2D eigenvalue weighted by Gasteiger charge is 2.29. The molecular weight excluding hydrogens is 272 g/mol. The van der Waals surface area contributed by atoms with E-state index in [1.807, 2.05) is 25.1 Å². The Morgan fingerprint density at radius 1 is 1.38 bits per heavy atom. The van der Waals surface area contributed by atoms with Gasteiger partial charge in [-0.3, -0.25) is 14.5 Å². The normalized spacial score (nSPS) is 17.2. The number of anilines is 1. The highest BCUT2D eigenvalue weighted by Crippen LogP contribution is 2.13. The number of benzene rings is 1. The molecule has 1 aromatic rings. The van der Waals surface area contributed by atoms with Crippen molar-refractivity contribution in [2.24, 2.45) is 0 Å². The number of ether oxygens (including phenoxy) is 1. The molecule has 1 heterocycles. The van der Waals surface area contributed by atoms with Gasteiger partial charge in [0.25, 0.3) is 0 Å². The predicted molar refractivity (Wildman–Crippen MR) is 78.2 cm³/mol. The molecule has 0 spiro atoms. The number of carboxylic acid groups (broad SMARTS) is 1. The van der Waals surface area contributed by atoms with Gasteiger partial charge in [0.1, 0.15) is 6.04 Å². The third-order valence-electron chi connectivity index (χ3n) is 3.45. The first kappa shape index (κ1) is 15.5. The van der Waals surface area contributed by atoms with Crippen LogP contribution in [0.2, 0.25) is 0 Å². The lowest BCUT2D eigenvalue weighted by Crippen LogP contribution is -2.48. The van der Waals surface area contributed by atoms with E-state index in [0.717, 1.165) is 5.56 Å². The summed E-state index contributed by atoms with van der Waals surface area (Å²) in [4.78, 5) is 25.2. The summed E-state index contributed by atoms with van der Waals surface area (Å²) in [5.41, 5.74) is 1.72. The van der Waals surface area contributed by atoms with Crippen molar-refractivity contribution in [1.82, 2.24) is 4.90 Å². The van der Waals surface area contributed by atoms with Gasteiger partial charge in [-0.2, -0.15) is 0 Å². The van der Waals surface area contributed by atoms with Crippen LogP contribution in [0.4, 0.5) is 5.69 Å². The number of nitrogens with zero attached hydrogens (tertiary/aromatic N) is 1. The molecule has 1 aliphatic heterocycles. The Labute approximate surface area is 123 Å². The number of carbonyl (C=O) groups excluding carboxylic acids is 1. The minimum Gasteiger partial charge on any atom is -0.480 e. The fourth-order valence-electron chi connectivity index (χ4n) is 2.37. The molecule has 1 aliphatic rings. The quantitative estimate of drug-likeness (QED) is 0.850. The molecule has 2 N–H and O–H groups in total. The molecular formula is C15H20N2O4. The van der Waals surface area contributed by atoms with Crippen LogP contribution in [0, 0.1) is 6.92 Å². The van der Waals surface area contributed by atoms with Gasteiger partial charge in [0, 0.05) is 18.8 Å². The van der Waals surface area contributed by atoms with Crippen molar-refractivity contribution < 1.29 is 19.4 Å². The lowest BCUT2D eigenvalue weighted by Gasteiger charge is -2.31. The maximum absolute atomic E-state index is 12.0. The van der Waals surface area contributed by atoms with Crippen LogP contribution in [0.5, 0.6) is 0 Å². The zero-order chi connectivity index (χ0) is 15.2. The number of amides is 1. The first-order chi connectivity index (χ1) is 10.1. The number of carbonyl (C=O) groups is 2. The van der Waals surface area contributed by atoms with Gasteiger partial charge in [0.05, 0.1) is 19.6 Å². The Hall–Kier alpha value is -1.92. The summed E-state index contributed by atoms with van der Waals surface area (Å²) in [6.07, 6.45) is -0.0662. The molecule has 0 aromatic heterocycles. The van der Waals surface area contributed by atoms with Crippen LogP contribution in [0.25, 0.3) is 0 Å². The van der Waals surface area contributed by atoms with Crippen LogP contribution in [0.1, 0.15) is 12.0 Å². The van der Waals surface area contributed by atoms with Crippen molar-refractivity contribution in [3.63, 3.8) is 0 Å². The number of hydrogen-bond donors (Lipinski definition) is 2. The van der Waals surface area contributed by atoms with Gasteiger partial charge in [0.15, 0.2) is 0 Å². The van der Waals surface area contributed by atoms with Gasteiger partial charge in [-0.25, -0.2) is 0 Å². The molecule has 1 amide bonds. The van der Waals surface area contributed by atoms with Crippen LogP contribution in [0.3, 0.4) is 0 Å². The molecule has 0 radical (unpaired) electrons. The average Bonchev–Trinajstić information content (AvgIpc) is 2.45. The number of hydrogen-bond acceptors (Lipinski definition) is 4.